The third kappa shape index (κ3) is 3.73. The van der Waals surface area contributed by atoms with Crippen molar-refractivity contribution < 1.29 is 9.53 Å². The Balaban J connectivity index is 1.55. The van der Waals surface area contributed by atoms with E-state index in [1.165, 1.54) is 16.9 Å². The summed E-state index contributed by atoms with van der Waals surface area (Å²) in [6.45, 7) is 2.04. The van der Waals surface area contributed by atoms with Gasteiger partial charge in [-0.2, -0.15) is 0 Å². The molecule has 0 bridgehead atoms. The van der Waals surface area contributed by atoms with Crippen molar-refractivity contribution in [1.29, 1.82) is 0 Å². The van der Waals surface area contributed by atoms with Crippen LogP contribution in [0, 0.1) is 6.92 Å². The van der Waals surface area contributed by atoms with Gasteiger partial charge in [-0.25, -0.2) is 9.97 Å². The smallest absolute Gasteiger partial charge is 0.258 e. The molecule has 2 heterocycles. The number of rotatable bonds is 4. The molecular formula is C25H19N3O2S. The molecule has 6 heteroatoms. The minimum absolute atomic E-state index is 0.205. The van der Waals surface area contributed by atoms with Gasteiger partial charge in [-0.05, 0) is 61.0 Å². The number of carbonyl (C=O) groups excluding carboxylic acids is 1. The second-order valence-electron chi connectivity index (χ2n) is 7.25. The Kier molecular flexibility index (Phi) is 4.84. The lowest BCUT2D eigenvalue weighted by Crippen LogP contribution is -2.13. The summed E-state index contributed by atoms with van der Waals surface area (Å²) < 4.78 is 6.30. The van der Waals surface area contributed by atoms with Crippen LogP contribution in [0.4, 0.5) is 5.13 Å². The molecule has 5 nitrogen and oxygen atoms in total. The average Bonchev–Trinajstić information content (AvgIpc) is 3.19. The summed E-state index contributed by atoms with van der Waals surface area (Å²) in [6.07, 6.45) is 0. The quantitative estimate of drug-likeness (QED) is 0.379. The summed E-state index contributed by atoms with van der Waals surface area (Å²) in [4.78, 5) is 22.6. The van der Waals surface area contributed by atoms with E-state index >= 15 is 0 Å². The number of thiazole rings is 1. The van der Waals surface area contributed by atoms with Crippen LogP contribution in [0.25, 0.3) is 32.4 Å². The number of benzene rings is 3. The van der Waals surface area contributed by atoms with Gasteiger partial charge in [0.1, 0.15) is 5.75 Å². The SMILES string of the molecule is COc1ccc(-c2cc(C(=O)Nc3nc4ccc(C)cc4s3)c3ccccc3n2)cc1. The zero-order chi connectivity index (χ0) is 21.4. The third-order valence-electron chi connectivity index (χ3n) is 5.11. The molecular weight excluding hydrogens is 406 g/mol. The van der Waals surface area contributed by atoms with Crippen LogP contribution in [0.5, 0.6) is 5.75 Å². The van der Waals surface area contributed by atoms with Gasteiger partial charge in [-0.15, -0.1) is 0 Å². The second kappa shape index (κ2) is 7.81. The maximum absolute atomic E-state index is 13.3. The first-order valence-corrected chi connectivity index (χ1v) is 10.6. The number of pyridine rings is 1. The number of aromatic nitrogens is 2. The van der Waals surface area contributed by atoms with E-state index in [1.807, 2.05) is 73.7 Å². The molecule has 0 saturated carbocycles. The summed E-state index contributed by atoms with van der Waals surface area (Å²) in [5, 5.41) is 4.36. The zero-order valence-corrected chi connectivity index (χ0v) is 17.9. The van der Waals surface area contributed by atoms with Gasteiger partial charge in [0, 0.05) is 10.9 Å². The number of ether oxygens (including phenoxy) is 1. The molecule has 0 atom stereocenters. The molecule has 0 saturated heterocycles. The number of methoxy groups -OCH3 is 1. The number of nitrogens with zero attached hydrogens (tertiary/aromatic N) is 2. The van der Waals surface area contributed by atoms with Crippen LogP contribution < -0.4 is 10.1 Å². The predicted octanol–water partition coefficient (Wildman–Crippen LogP) is 6.08. The number of amides is 1. The van der Waals surface area contributed by atoms with Gasteiger partial charge < -0.3 is 4.74 Å². The van der Waals surface area contributed by atoms with Crippen LogP contribution in [-0.4, -0.2) is 23.0 Å². The van der Waals surface area contributed by atoms with Gasteiger partial charge in [-0.1, -0.05) is 35.6 Å². The molecule has 5 rings (SSSR count). The maximum Gasteiger partial charge on any atom is 0.258 e. The highest BCUT2D eigenvalue weighted by molar-refractivity contribution is 7.22. The van der Waals surface area contributed by atoms with Crippen molar-refractivity contribution in [2.24, 2.45) is 0 Å². The van der Waals surface area contributed by atoms with Gasteiger partial charge >= 0.3 is 0 Å². The molecule has 152 valence electrons. The van der Waals surface area contributed by atoms with Crippen molar-refractivity contribution >= 4 is 43.5 Å². The van der Waals surface area contributed by atoms with Crippen molar-refractivity contribution in [3.63, 3.8) is 0 Å². The minimum Gasteiger partial charge on any atom is -0.497 e. The van der Waals surface area contributed by atoms with Crippen LogP contribution in [0.2, 0.25) is 0 Å². The van der Waals surface area contributed by atoms with E-state index in [1.54, 1.807) is 7.11 Å². The monoisotopic (exact) mass is 425 g/mol. The highest BCUT2D eigenvalue weighted by Crippen LogP contribution is 2.29. The van der Waals surface area contributed by atoms with E-state index in [0.29, 0.717) is 10.7 Å². The van der Waals surface area contributed by atoms with Crippen molar-refractivity contribution in [1.82, 2.24) is 9.97 Å². The largest absolute Gasteiger partial charge is 0.497 e. The van der Waals surface area contributed by atoms with E-state index in [9.17, 15) is 4.79 Å². The number of carbonyl (C=O) groups is 1. The maximum atomic E-state index is 13.3. The summed E-state index contributed by atoms with van der Waals surface area (Å²) >= 11 is 1.47. The molecule has 2 aromatic heterocycles. The Hall–Kier alpha value is -3.77. The molecule has 31 heavy (non-hydrogen) atoms. The normalized spacial score (nSPS) is 11.0. The van der Waals surface area contributed by atoms with Crippen LogP contribution in [0.1, 0.15) is 15.9 Å². The number of aryl methyl sites for hydroxylation is 1. The topological polar surface area (TPSA) is 64.1 Å². The number of nitrogens with one attached hydrogen (secondary N) is 1. The fraction of sp³-hybridized carbons (Fsp3) is 0.0800. The number of hydrogen-bond acceptors (Lipinski definition) is 5. The molecule has 0 aliphatic heterocycles. The van der Waals surface area contributed by atoms with Crippen molar-refractivity contribution in [2.45, 2.75) is 6.92 Å². The standard InChI is InChI=1S/C25H19N3O2S/c1-15-7-12-21-23(13-15)31-25(27-21)28-24(29)19-14-22(16-8-10-17(30-2)11-9-16)26-20-6-4-3-5-18(19)20/h3-14H,1-2H3,(H,27,28,29). The fourth-order valence-corrected chi connectivity index (χ4v) is 4.48. The van der Waals surface area contributed by atoms with E-state index < -0.39 is 0 Å². The highest BCUT2D eigenvalue weighted by Gasteiger charge is 2.16. The molecule has 0 unspecified atom stereocenters. The van der Waals surface area contributed by atoms with Gasteiger partial charge in [0.25, 0.3) is 5.91 Å². The van der Waals surface area contributed by atoms with E-state index in [0.717, 1.165) is 38.1 Å². The second-order valence-corrected chi connectivity index (χ2v) is 8.28. The molecule has 0 aliphatic carbocycles. The summed E-state index contributed by atoms with van der Waals surface area (Å²) in [5.74, 6) is 0.567. The Morgan fingerprint density at radius 2 is 1.74 bits per heavy atom. The summed E-state index contributed by atoms with van der Waals surface area (Å²) in [6, 6.07) is 23.2. The first kappa shape index (κ1) is 19.2. The van der Waals surface area contributed by atoms with Crippen LogP contribution in [-0.2, 0) is 0 Å². The lowest BCUT2D eigenvalue weighted by molar-refractivity contribution is 0.102. The lowest BCUT2D eigenvalue weighted by Gasteiger charge is -2.10. The van der Waals surface area contributed by atoms with E-state index in [-0.39, 0.29) is 5.91 Å². The molecule has 0 aliphatic rings. The van der Waals surface area contributed by atoms with E-state index in [4.69, 9.17) is 9.72 Å². The Bertz CT molecular complexity index is 1420. The first-order chi connectivity index (χ1) is 15.1. The fourth-order valence-electron chi connectivity index (χ4n) is 3.52. The van der Waals surface area contributed by atoms with Crippen LogP contribution >= 0.6 is 11.3 Å². The van der Waals surface area contributed by atoms with E-state index in [2.05, 4.69) is 16.4 Å². The van der Waals surface area contributed by atoms with Gasteiger partial charge in [0.05, 0.1) is 34.1 Å². The summed E-state index contributed by atoms with van der Waals surface area (Å²) in [5.41, 5.74) is 5.01. The Labute approximate surface area is 183 Å². The Morgan fingerprint density at radius 3 is 2.55 bits per heavy atom. The zero-order valence-electron chi connectivity index (χ0n) is 17.0. The summed E-state index contributed by atoms with van der Waals surface area (Å²) in [7, 11) is 1.63. The van der Waals surface area contributed by atoms with Crippen molar-refractivity contribution in [3.8, 4) is 17.0 Å². The van der Waals surface area contributed by atoms with Gasteiger partial charge in [0.15, 0.2) is 5.13 Å². The number of hydrogen-bond donors (Lipinski definition) is 1. The number of fused-ring (bicyclic) bond motifs is 2. The number of anilines is 1. The molecule has 0 radical (unpaired) electrons. The minimum atomic E-state index is -0.205. The first-order valence-electron chi connectivity index (χ1n) is 9.83. The average molecular weight is 426 g/mol. The predicted molar refractivity (Wildman–Crippen MR) is 126 cm³/mol. The third-order valence-corrected chi connectivity index (χ3v) is 6.04. The van der Waals surface area contributed by atoms with Crippen molar-refractivity contribution in [2.75, 3.05) is 12.4 Å². The number of para-hydroxylation sites is 1. The highest BCUT2D eigenvalue weighted by atomic mass is 32.1. The molecule has 3 aromatic carbocycles. The van der Waals surface area contributed by atoms with Crippen molar-refractivity contribution in [3.05, 3.63) is 83.9 Å². The molecule has 0 spiro atoms. The molecule has 1 N–H and O–H groups in total. The van der Waals surface area contributed by atoms with Gasteiger partial charge in [-0.3, -0.25) is 10.1 Å². The molecule has 0 fully saturated rings. The van der Waals surface area contributed by atoms with Crippen LogP contribution in [0.15, 0.2) is 72.8 Å². The lowest BCUT2D eigenvalue weighted by atomic mass is 10.0. The Morgan fingerprint density at radius 1 is 0.935 bits per heavy atom. The van der Waals surface area contributed by atoms with Crippen LogP contribution in [0.3, 0.4) is 0 Å². The molecule has 1 amide bonds. The van der Waals surface area contributed by atoms with Gasteiger partial charge in [0.2, 0.25) is 0 Å². The molecule has 5 aromatic rings.